The maximum atomic E-state index is 11.9. The van der Waals surface area contributed by atoms with Gasteiger partial charge in [-0.25, -0.2) is 0 Å². The quantitative estimate of drug-likeness (QED) is 0.699. The molecule has 3 aromatic rings. The molecule has 0 aliphatic rings. The predicted octanol–water partition coefficient (Wildman–Crippen LogP) is 2.35. The fraction of sp³-hybridized carbons (Fsp3) is 0.200. The van der Waals surface area contributed by atoms with Crippen LogP contribution in [-0.2, 0) is 11.3 Å². The number of aromatic nitrogens is 4. The first-order valence-electron chi connectivity index (χ1n) is 6.99. The van der Waals surface area contributed by atoms with Crippen molar-refractivity contribution < 1.29 is 9.21 Å². The van der Waals surface area contributed by atoms with Gasteiger partial charge in [0.25, 0.3) is 5.22 Å². The van der Waals surface area contributed by atoms with Gasteiger partial charge < -0.3 is 9.73 Å². The number of benzene rings is 1. The summed E-state index contributed by atoms with van der Waals surface area (Å²) in [6, 6.07) is 11.2. The lowest BCUT2D eigenvalue weighted by molar-refractivity contribution is -0.113. The minimum absolute atomic E-state index is 0.121. The maximum Gasteiger partial charge on any atom is 0.277 e. The van der Waals surface area contributed by atoms with E-state index < -0.39 is 0 Å². The Balaban J connectivity index is 1.51. The summed E-state index contributed by atoms with van der Waals surface area (Å²) in [5, 5.41) is 15.2. The SMILES string of the molecule is Cc1ccnn1Cc1nnc(SCC(=O)Nc2ccccc2)o1. The van der Waals surface area contributed by atoms with Gasteiger partial charge in [0.2, 0.25) is 11.8 Å². The van der Waals surface area contributed by atoms with Crippen molar-refractivity contribution in [2.75, 3.05) is 11.1 Å². The van der Waals surface area contributed by atoms with Crippen LogP contribution < -0.4 is 5.32 Å². The number of rotatable bonds is 6. The lowest BCUT2D eigenvalue weighted by atomic mass is 10.3. The van der Waals surface area contributed by atoms with Crippen LogP contribution in [-0.4, -0.2) is 31.6 Å². The number of nitrogens with zero attached hydrogens (tertiary/aromatic N) is 4. The van der Waals surface area contributed by atoms with Crippen LogP contribution in [0.25, 0.3) is 0 Å². The van der Waals surface area contributed by atoms with Crippen molar-refractivity contribution in [1.29, 1.82) is 0 Å². The monoisotopic (exact) mass is 329 g/mol. The number of carbonyl (C=O) groups is 1. The van der Waals surface area contributed by atoms with Crippen molar-refractivity contribution >= 4 is 23.4 Å². The van der Waals surface area contributed by atoms with Crippen molar-refractivity contribution in [2.45, 2.75) is 18.7 Å². The minimum atomic E-state index is -0.121. The van der Waals surface area contributed by atoms with Gasteiger partial charge in [-0.3, -0.25) is 9.48 Å². The zero-order chi connectivity index (χ0) is 16.1. The normalized spacial score (nSPS) is 10.7. The highest BCUT2D eigenvalue weighted by Gasteiger charge is 2.11. The molecule has 0 aliphatic carbocycles. The van der Waals surface area contributed by atoms with Crippen LogP contribution in [0.3, 0.4) is 0 Å². The second-order valence-electron chi connectivity index (χ2n) is 4.79. The number of anilines is 1. The van der Waals surface area contributed by atoms with E-state index in [1.54, 1.807) is 10.9 Å². The minimum Gasteiger partial charge on any atom is -0.414 e. The van der Waals surface area contributed by atoms with Gasteiger partial charge in [-0.15, -0.1) is 10.2 Å². The smallest absolute Gasteiger partial charge is 0.277 e. The number of hydrogen-bond acceptors (Lipinski definition) is 6. The zero-order valence-corrected chi connectivity index (χ0v) is 13.3. The molecule has 0 saturated carbocycles. The van der Waals surface area contributed by atoms with E-state index in [-0.39, 0.29) is 11.7 Å². The van der Waals surface area contributed by atoms with E-state index in [4.69, 9.17) is 4.42 Å². The average Bonchev–Trinajstić information content (AvgIpc) is 3.16. The van der Waals surface area contributed by atoms with Crippen molar-refractivity contribution in [3.63, 3.8) is 0 Å². The van der Waals surface area contributed by atoms with Crippen LogP contribution in [0.1, 0.15) is 11.6 Å². The van der Waals surface area contributed by atoms with E-state index >= 15 is 0 Å². The molecule has 2 heterocycles. The average molecular weight is 329 g/mol. The Labute approximate surface area is 137 Å². The molecule has 7 nitrogen and oxygen atoms in total. The molecule has 0 saturated heterocycles. The Morgan fingerprint density at radius 2 is 2.09 bits per heavy atom. The Hall–Kier alpha value is -2.61. The summed E-state index contributed by atoms with van der Waals surface area (Å²) in [5.74, 6) is 0.545. The van der Waals surface area contributed by atoms with E-state index in [1.807, 2.05) is 43.3 Å². The molecule has 8 heteroatoms. The number of thioether (sulfide) groups is 1. The van der Waals surface area contributed by atoms with Crippen LogP contribution in [0.5, 0.6) is 0 Å². The van der Waals surface area contributed by atoms with E-state index in [1.165, 1.54) is 11.8 Å². The number of hydrogen-bond donors (Lipinski definition) is 1. The van der Waals surface area contributed by atoms with Crippen LogP contribution in [0.15, 0.2) is 52.2 Å². The van der Waals surface area contributed by atoms with Gasteiger partial charge in [-0.05, 0) is 25.1 Å². The van der Waals surface area contributed by atoms with Crippen LogP contribution in [0.2, 0.25) is 0 Å². The maximum absolute atomic E-state index is 11.9. The van der Waals surface area contributed by atoms with Gasteiger partial charge in [0.15, 0.2) is 0 Å². The highest BCUT2D eigenvalue weighted by molar-refractivity contribution is 7.99. The fourth-order valence-electron chi connectivity index (χ4n) is 1.90. The molecule has 23 heavy (non-hydrogen) atoms. The molecule has 3 rings (SSSR count). The largest absolute Gasteiger partial charge is 0.414 e. The lowest BCUT2D eigenvalue weighted by Crippen LogP contribution is -2.13. The standard InChI is InChI=1S/C15H15N5O2S/c1-11-7-8-16-20(11)9-14-18-19-15(22-14)23-10-13(21)17-12-5-3-2-4-6-12/h2-8H,9-10H2,1H3,(H,17,21). The summed E-state index contributed by atoms with van der Waals surface area (Å²) in [6.07, 6.45) is 1.72. The van der Waals surface area contributed by atoms with E-state index in [0.29, 0.717) is 17.7 Å². The summed E-state index contributed by atoms with van der Waals surface area (Å²) in [7, 11) is 0. The van der Waals surface area contributed by atoms with Crippen LogP contribution >= 0.6 is 11.8 Å². The third kappa shape index (κ3) is 4.19. The van der Waals surface area contributed by atoms with Crippen LogP contribution in [0.4, 0.5) is 5.69 Å². The van der Waals surface area contributed by atoms with E-state index in [2.05, 4.69) is 20.6 Å². The van der Waals surface area contributed by atoms with Crippen LogP contribution in [0, 0.1) is 6.92 Å². The summed E-state index contributed by atoms with van der Waals surface area (Å²) < 4.78 is 7.28. The second kappa shape index (κ2) is 7.10. The van der Waals surface area contributed by atoms with Gasteiger partial charge >= 0.3 is 0 Å². The Morgan fingerprint density at radius 1 is 1.26 bits per heavy atom. The van der Waals surface area contributed by atoms with Gasteiger partial charge in [-0.1, -0.05) is 30.0 Å². The van der Waals surface area contributed by atoms with Crippen molar-refractivity contribution in [3.05, 3.63) is 54.2 Å². The Bertz CT molecular complexity index is 784. The third-order valence-electron chi connectivity index (χ3n) is 3.05. The predicted molar refractivity (Wildman–Crippen MR) is 86.2 cm³/mol. The molecule has 118 valence electrons. The number of carbonyl (C=O) groups excluding carboxylic acids is 1. The molecular formula is C15H15N5O2S. The van der Waals surface area contributed by atoms with Gasteiger partial charge in [0.1, 0.15) is 6.54 Å². The fourth-order valence-corrected chi connectivity index (χ4v) is 2.48. The molecule has 0 unspecified atom stereocenters. The lowest BCUT2D eigenvalue weighted by Gasteiger charge is -2.02. The van der Waals surface area contributed by atoms with Gasteiger partial charge in [0.05, 0.1) is 5.75 Å². The summed E-state index contributed by atoms with van der Waals surface area (Å²) in [4.78, 5) is 11.9. The first-order valence-corrected chi connectivity index (χ1v) is 7.98. The third-order valence-corrected chi connectivity index (χ3v) is 3.87. The molecule has 0 bridgehead atoms. The van der Waals surface area contributed by atoms with E-state index in [0.717, 1.165) is 11.4 Å². The molecule has 0 radical (unpaired) electrons. The van der Waals surface area contributed by atoms with Gasteiger partial charge in [0, 0.05) is 17.6 Å². The number of para-hydroxylation sites is 1. The highest BCUT2D eigenvalue weighted by Crippen LogP contribution is 2.17. The molecule has 1 aromatic carbocycles. The van der Waals surface area contributed by atoms with Gasteiger partial charge in [-0.2, -0.15) is 5.10 Å². The molecule has 2 aromatic heterocycles. The van der Waals surface area contributed by atoms with Crippen molar-refractivity contribution in [2.24, 2.45) is 0 Å². The highest BCUT2D eigenvalue weighted by atomic mass is 32.2. The summed E-state index contributed by atoms with van der Waals surface area (Å²) in [6.45, 7) is 2.37. The molecule has 0 spiro atoms. The molecule has 1 amide bonds. The topological polar surface area (TPSA) is 85.8 Å². The van der Waals surface area contributed by atoms with E-state index in [9.17, 15) is 4.79 Å². The number of amides is 1. The first-order chi connectivity index (χ1) is 11.2. The van der Waals surface area contributed by atoms with Crippen molar-refractivity contribution in [3.8, 4) is 0 Å². The Morgan fingerprint density at radius 3 is 2.83 bits per heavy atom. The molecule has 0 aliphatic heterocycles. The van der Waals surface area contributed by atoms with Crippen molar-refractivity contribution in [1.82, 2.24) is 20.0 Å². The first kappa shape index (κ1) is 15.3. The second-order valence-corrected chi connectivity index (χ2v) is 5.72. The molecule has 1 N–H and O–H groups in total. The molecular weight excluding hydrogens is 314 g/mol. The number of nitrogens with one attached hydrogen (secondary N) is 1. The summed E-state index contributed by atoms with van der Waals surface area (Å²) in [5.41, 5.74) is 1.78. The molecule has 0 fully saturated rings. The summed E-state index contributed by atoms with van der Waals surface area (Å²) >= 11 is 1.20. The zero-order valence-electron chi connectivity index (χ0n) is 12.5. The Kier molecular flexibility index (Phi) is 4.72. The number of aryl methyl sites for hydroxylation is 1. The molecule has 0 atom stereocenters.